The molecule has 0 radical (unpaired) electrons. The van der Waals surface area contributed by atoms with E-state index < -0.39 is 51.5 Å². The van der Waals surface area contributed by atoms with Crippen molar-refractivity contribution in [1.82, 2.24) is 20.1 Å². The van der Waals surface area contributed by atoms with Crippen LogP contribution >= 0.6 is 0 Å². The monoisotopic (exact) mass is 708 g/mol. The number of nitrogens with one attached hydrogen (secondary N) is 1. The van der Waals surface area contributed by atoms with Crippen molar-refractivity contribution in [3.8, 4) is 11.3 Å². The molecule has 1 N–H and O–H groups in total. The second kappa shape index (κ2) is 13.6. The maximum Gasteiger partial charge on any atom is 0.425 e. The summed E-state index contributed by atoms with van der Waals surface area (Å²) in [5, 5.41) is 19.5. The van der Waals surface area contributed by atoms with Crippen LogP contribution in [-0.2, 0) is 14.2 Å². The van der Waals surface area contributed by atoms with E-state index >= 15 is 4.39 Å². The smallest absolute Gasteiger partial charge is 0.425 e. The van der Waals surface area contributed by atoms with Gasteiger partial charge in [-0.2, -0.15) is 14.4 Å². The second-order valence-electron chi connectivity index (χ2n) is 15.8. The zero-order valence-electron chi connectivity index (χ0n) is 30.5. The summed E-state index contributed by atoms with van der Waals surface area (Å²) in [6.45, 7) is 15.3. The number of hydrogen-bond donors (Lipinski definition) is 1. The molecule has 1 aromatic carbocycles. The van der Waals surface area contributed by atoms with E-state index in [4.69, 9.17) is 19.3 Å². The van der Waals surface area contributed by atoms with Gasteiger partial charge in [0, 0.05) is 29.4 Å². The van der Waals surface area contributed by atoms with Gasteiger partial charge in [-0.3, -0.25) is 14.8 Å². The number of nitro groups is 1. The standard InChI is InChI=1S/C36H45FN6O8/c1-34(2,3)49-31(44)39-22-13-10-20(11-14-22)24-19-38-30(41(32(45)50-35(4,5)6)33(46)51-36(7,8)9)27-28(40-42(29(24)27)23-15-16-23)21-12-17-26(43(47)48)25(37)18-21/h10,12,17-19,22-23H,11,13-16H2,1-9H3,(H,39,44). The molecule has 2 aliphatic rings. The lowest BCUT2D eigenvalue weighted by molar-refractivity contribution is -0.387. The van der Waals surface area contributed by atoms with Crippen LogP contribution in [0.4, 0.5) is 30.3 Å². The van der Waals surface area contributed by atoms with Crippen LogP contribution in [0.25, 0.3) is 27.7 Å². The van der Waals surface area contributed by atoms with E-state index in [9.17, 15) is 24.5 Å². The van der Waals surface area contributed by atoms with Crippen LogP contribution in [0.3, 0.4) is 0 Å². The number of benzene rings is 1. The number of aromatic nitrogens is 3. The van der Waals surface area contributed by atoms with Gasteiger partial charge in [0.2, 0.25) is 5.82 Å². The molecule has 1 unspecified atom stereocenters. The molecule has 0 spiro atoms. The number of carbonyl (C=O) groups excluding carboxylic acids is 3. The van der Waals surface area contributed by atoms with Crippen molar-refractivity contribution in [1.29, 1.82) is 0 Å². The molecule has 51 heavy (non-hydrogen) atoms. The molecule has 1 saturated carbocycles. The highest BCUT2D eigenvalue weighted by molar-refractivity contribution is 6.17. The molecule has 0 aliphatic heterocycles. The van der Waals surface area contributed by atoms with E-state index in [1.807, 2.05) is 6.08 Å². The summed E-state index contributed by atoms with van der Waals surface area (Å²) in [5.74, 6) is -1.23. The first-order valence-corrected chi connectivity index (χ1v) is 16.9. The van der Waals surface area contributed by atoms with Crippen LogP contribution in [-0.4, -0.2) is 60.8 Å². The summed E-state index contributed by atoms with van der Waals surface area (Å²) in [6.07, 6.45) is 4.17. The Labute approximate surface area is 295 Å². The van der Waals surface area contributed by atoms with Crippen LogP contribution in [0.1, 0.15) is 106 Å². The lowest BCUT2D eigenvalue weighted by atomic mass is 9.90. The highest BCUT2D eigenvalue weighted by atomic mass is 19.1. The Kier molecular flexibility index (Phi) is 9.89. The maximum atomic E-state index is 15.1. The van der Waals surface area contributed by atoms with Gasteiger partial charge in [0.1, 0.15) is 22.5 Å². The average molecular weight is 709 g/mol. The number of carbonyl (C=O) groups is 3. The van der Waals surface area contributed by atoms with Crippen molar-refractivity contribution in [2.24, 2.45) is 0 Å². The number of alkyl carbamates (subject to hydrolysis) is 1. The molecule has 2 heterocycles. The summed E-state index contributed by atoms with van der Waals surface area (Å²) in [7, 11) is 0. The van der Waals surface area contributed by atoms with Gasteiger partial charge in [0.15, 0.2) is 5.82 Å². The van der Waals surface area contributed by atoms with Crippen molar-refractivity contribution >= 4 is 46.3 Å². The summed E-state index contributed by atoms with van der Waals surface area (Å²) >= 11 is 0. The fourth-order valence-electron chi connectivity index (χ4n) is 5.69. The molecule has 3 amide bonds. The largest absolute Gasteiger partial charge is 0.444 e. The predicted molar refractivity (Wildman–Crippen MR) is 188 cm³/mol. The molecular formula is C36H45FN6O8. The lowest BCUT2D eigenvalue weighted by Crippen LogP contribution is -2.44. The van der Waals surface area contributed by atoms with Gasteiger partial charge >= 0.3 is 24.0 Å². The van der Waals surface area contributed by atoms with Gasteiger partial charge in [-0.25, -0.2) is 19.4 Å². The first-order valence-electron chi connectivity index (χ1n) is 16.9. The van der Waals surface area contributed by atoms with Crippen LogP contribution in [0.15, 0.2) is 30.5 Å². The molecule has 15 heteroatoms. The Balaban J connectivity index is 1.72. The number of amides is 3. The topological polar surface area (TPSA) is 168 Å². The second-order valence-corrected chi connectivity index (χ2v) is 15.8. The van der Waals surface area contributed by atoms with Crippen LogP contribution in [0.2, 0.25) is 0 Å². The van der Waals surface area contributed by atoms with Gasteiger partial charge in [0.05, 0.1) is 21.9 Å². The first-order chi connectivity index (χ1) is 23.6. The van der Waals surface area contributed by atoms with Gasteiger partial charge in [0.25, 0.3) is 0 Å². The van der Waals surface area contributed by atoms with E-state index in [1.54, 1.807) is 73.2 Å². The summed E-state index contributed by atoms with van der Waals surface area (Å²) in [4.78, 5) is 56.2. The number of nitrogens with zero attached hydrogens (tertiary/aromatic N) is 5. The molecule has 14 nitrogen and oxygen atoms in total. The Morgan fingerprint density at radius 1 is 0.961 bits per heavy atom. The predicted octanol–water partition coefficient (Wildman–Crippen LogP) is 8.62. The minimum absolute atomic E-state index is 0.0413. The van der Waals surface area contributed by atoms with Gasteiger partial charge in [-0.15, -0.1) is 0 Å². The van der Waals surface area contributed by atoms with Gasteiger partial charge in [-0.1, -0.05) is 6.08 Å². The third kappa shape index (κ3) is 8.81. The first kappa shape index (κ1) is 37.2. The highest BCUT2D eigenvalue weighted by Crippen LogP contribution is 2.46. The highest BCUT2D eigenvalue weighted by Gasteiger charge is 2.39. The molecule has 2 aromatic heterocycles. The number of hydrogen-bond acceptors (Lipinski definition) is 10. The minimum atomic E-state index is -1.08. The number of allylic oxidation sites excluding steroid dienone is 1. The number of anilines is 1. The number of imide groups is 1. The van der Waals surface area contributed by atoms with Crippen molar-refractivity contribution < 1.29 is 37.9 Å². The van der Waals surface area contributed by atoms with E-state index in [2.05, 4.69) is 10.3 Å². The summed E-state index contributed by atoms with van der Waals surface area (Å²) in [5.41, 5.74) is -0.921. The third-order valence-corrected chi connectivity index (χ3v) is 7.86. The number of rotatable bonds is 6. The molecule has 3 aromatic rings. The number of nitro benzene ring substituents is 1. The molecule has 274 valence electrons. The number of fused-ring (bicyclic) bond motifs is 1. The normalized spacial score (nSPS) is 16.7. The number of halogens is 1. The fraction of sp³-hybridized carbons (Fsp3) is 0.528. The molecule has 1 fully saturated rings. The van der Waals surface area contributed by atoms with Crippen molar-refractivity contribution in [2.45, 2.75) is 123 Å². The fourth-order valence-corrected chi connectivity index (χ4v) is 5.69. The Morgan fingerprint density at radius 2 is 1.57 bits per heavy atom. The Bertz CT molecular complexity index is 1890. The zero-order valence-corrected chi connectivity index (χ0v) is 30.5. The summed E-state index contributed by atoms with van der Waals surface area (Å²) < 4.78 is 33.7. The SMILES string of the molecule is CC(C)(C)OC(=O)NC1CC=C(c2cnc(N(C(=O)OC(C)(C)C)C(=O)OC(C)(C)C)c3c(-c4ccc([N+](=O)[O-])c(F)c4)nn(C4CC4)c23)CC1. The Morgan fingerprint density at radius 3 is 2.06 bits per heavy atom. The van der Waals surface area contributed by atoms with Crippen molar-refractivity contribution in [3.05, 3.63) is 52.0 Å². The van der Waals surface area contributed by atoms with Crippen LogP contribution in [0.5, 0.6) is 0 Å². The molecular weight excluding hydrogens is 663 g/mol. The molecule has 0 saturated heterocycles. The molecule has 0 bridgehead atoms. The molecule has 1 atom stereocenters. The molecule has 5 rings (SSSR count). The van der Waals surface area contributed by atoms with Crippen LogP contribution in [0, 0.1) is 15.9 Å². The minimum Gasteiger partial charge on any atom is -0.444 e. The quantitative estimate of drug-likeness (QED) is 0.149. The van der Waals surface area contributed by atoms with Crippen molar-refractivity contribution in [2.75, 3.05) is 4.90 Å². The average Bonchev–Trinajstić information content (AvgIpc) is 3.74. The van der Waals surface area contributed by atoms with Crippen molar-refractivity contribution in [3.63, 3.8) is 0 Å². The third-order valence-electron chi connectivity index (χ3n) is 7.86. The number of ether oxygens (including phenoxy) is 3. The van der Waals surface area contributed by atoms with Gasteiger partial charge < -0.3 is 19.5 Å². The lowest BCUT2D eigenvalue weighted by Gasteiger charge is -2.29. The van der Waals surface area contributed by atoms with E-state index in [0.29, 0.717) is 35.2 Å². The van der Waals surface area contributed by atoms with E-state index in [1.165, 1.54) is 6.07 Å². The van der Waals surface area contributed by atoms with Gasteiger partial charge in [-0.05, 0) is 112 Å². The maximum absolute atomic E-state index is 15.1. The van der Waals surface area contributed by atoms with E-state index in [0.717, 1.165) is 30.5 Å². The summed E-state index contributed by atoms with van der Waals surface area (Å²) in [6, 6.07) is 3.21. The van der Waals surface area contributed by atoms with Crippen LogP contribution < -0.4 is 10.2 Å². The Hall–Kier alpha value is -5.08. The van der Waals surface area contributed by atoms with E-state index in [-0.39, 0.29) is 34.5 Å². The zero-order chi connectivity index (χ0) is 37.6. The number of pyridine rings is 1. The molecule has 2 aliphatic carbocycles.